The first-order valence-corrected chi connectivity index (χ1v) is 7.74. The van der Waals surface area contributed by atoms with Gasteiger partial charge in [-0.25, -0.2) is 0 Å². The Morgan fingerprint density at radius 2 is 1.80 bits per heavy atom. The number of methoxy groups -OCH3 is 1. The van der Waals surface area contributed by atoms with Crippen molar-refractivity contribution < 1.29 is 14.3 Å². The Labute approximate surface area is 144 Å². The van der Waals surface area contributed by atoms with Crippen LogP contribution in [-0.2, 0) is 11.8 Å². The number of nitrogens with one attached hydrogen (secondary N) is 1. The van der Waals surface area contributed by atoms with E-state index in [0.29, 0.717) is 17.2 Å². The predicted octanol–water partition coefficient (Wildman–Crippen LogP) is 2.56. The summed E-state index contributed by atoms with van der Waals surface area (Å²) < 4.78 is 12.3. The van der Waals surface area contributed by atoms with E-state index in [2.05, 4.69) is 5.32 Å². The van der Waals surface area contributed by atoms with Crippen LogP contribution in [-0.4, -0.2) is 24.2 Å². The van der Waals surface area contributed by atoms with Gasteiger partial charge in [-0.05, 0) is 24.3 Å². The van der Waals surface area contributed by atoms with Crippen LogP contribution >= 0.6 is 0 Å². The molecule has 0 bridgehead atoms. The highest BCUT2D eigenvalue weighted by molar-refractivity contribution is 5.93. The summed E-state index contributed by atoms with van der Waals surface area (Å²) in [4.78, 5) is 24.2. The molecule has 1 N–H and O–H groups in total. The number of ether oxygens (including phenoxy) is 2. The maximum atomic E-state index is 12.2. The highest BCUT2D eigenvalue weighted by Gasteiger charge is 2.11. The average Bonchev–Trinajstić information content (AvgIpc) is 2.64. The normalized spacial score (nSPS) is 10.5. The second kappa shape index (κ2) is 7.09. The fraction of sp³-hybridized carbons (Fsp3) is 0.158. The van der Waals surface area contributed by atoms with Gasteiger partial charge in [0.2, 0.25) is 0 Å². The van der Waals surface area contributed by atoms with E-state index in [4.69, 9.17) is 9.47 Å². The Balaban J connectivity index is 1.78. The lowest BCUT2D eigenvalue weighted by Crippen LogP contribution is -2.22. The third kappa shape index (κ3) is 3.47. The molecular weight excluding hydrogens is 320 g/mol. The Kier molecular flexibility index (Phi) is 4.70. The molecule has 3 rings (SSSR count). The molecule has 0 fully saturated rings. The largest absolute Gasteiger partial charge is 0.495 e. The number of rotatable bonds is 5. The fourth-order valence-electron chi connectivity index (χ4n) is 2.58. The maximum absolute atomic E-state index is 12.2. The molecule has 6 nitrogen and oxygen atoms in total. The number of para-hydroxylation sites is 3. The van der Waals surface area contributed by atoms with E-state index >= 15 is 0 Å². The summed E-state index contributed by atoms with van der Waals surface area (Å²) >= 11 is 0. The standard InChI is InChI=1S/C19H18N2O4/c1-21-15-9-5-3-7-13(15)17(11-19(21)23)25-12-18(22)20-14-8-4-6-10-16(14)24-2/h3-11H,12H2,1-2H3,(H,20,22). The van der Waals surface area contributed by atoms with Gasteiger partial charge in [0.15, 0.2) is 6.61 Å². The Bertz CT molecular complexity index is 979. The lowest BCUT2D eigenvalue weighted by Gasteiger charge is -2.13. The van der Waals surface area contributed by atoms with Crippen LogP contribution in [0, 0.1) is 0 Å². The predicted molar refractivity (Wildman–Crippen MR) is 96.3 cm³/mol. The van der Waals surface area contributed by atoms with Crippen molar-refractivity contribution in [1.82, 2.24) is 4.57 Å². The van der Waals surface area contributed by atoms with Crippen LogP contribution in [0.4, 0.5) is 5.69 Å². The molecule has 25 heavy (non-hydrogen) atoms. The van der Waals surface area contributed by atoms with E-state index in [1.807, 2.05) is 30.3 Å². The zero-order chi connectivity index (χ0) is 17.8. The maximum Gasteiger partial charge on any atom is 0.262 e. The molecule has 128 valence electrons. The van der Waals surface area contributed by atoms with E-state index in [-0.39, 0.29) is 18.1 Å². The van der Waals surface area contributed by atoms with Gasteiger partial charge in [0.05, 0.1) is 18.3 Å². The Hall–Kier alpha value is -3.28. The van der Waals surface area contributed by atoms with Crippen LogP contribution in [0.5, 0.6) is 11.5 Å². The molecule has 1 amide bonds. The Morgan fingerprint density at radius 1 is 1.08 bits per heavy atom. The molecule has 3 aromatic rings. The molecule has 1 aromatic heterocycles. The molecule has 1 heterocycles. The molecule has 0 unspecified atom stereocenters. The highest BCUT2D eigenvalue weighted by atomic mass is 16.5. The zero-order valence-electron chi connectivity index (χ0n) is 14.0. The van der Waals surface area contributed by atoms with E-state index in [0.717, 1.165) is 10.9 Å². The van der Waals surface area contributed by atoms with Gasteiger partial charge in [0.1, 0.15) is 11.5 Å². The summed E-state index contributed by atoms with van der Waals surface area (Å²) in [7, 11) is 3.23. The van der Waals surface area contributed by atoms with Gasteiger partial charge in [-0.15, -0.1) is 0 Å². The number of nitrogens with zero attached hydrogens (tertiary/aromatic N) is 1. The summed E-state index contributed by atoms with van der Waals surface area (Å²) in [6.45, 7) is -0.213. The minimum Gasteiger partial charge on any atom is -0.495 e. The van der Waals surface area contributed by atoms with Gasteiger partial charge >= 0.3 is 0 Å². The molecule has 0 saturated carbocycles. The van der Waals surface area contributed by atoms with E-state index in [1.165, 1.54) is 17.7 Å². The third-order valence-corrected chi connectivity index (χ3v) is 3.86. The second-order valence-electron chi connectivity index (χ2n) is 5.46. The van der Waals surface area contributed by atoms with Crippen molar-refractivity contribution in [3.63, 3.8) is 0 Å². The number of aromatic nitrogens is 1. The van der Waals surface area contributed by atoms with Gasteiger partial charge in [-0.1, -0.05) is 24.3 Å². The van der Waals surface area contributed by atoms with Gasteiger partial charge in [-0.3, -0.25) is 9.59 Å². The molecule has 0 spiro atoms. The third-order valence-electron chi connectivity index (χ3n) is 3.86. The van der Waals surface area contributed by atoms with Crippen molar-refractivity contribution in [3.8, 4) is 11.5 Å². The number of fused-ring (bicyclic) bond motifs is 1. The first-order chi connectivity index (χ1) is 12.1. The van der Waals surface area contributed by atoms with Gasteiger partial charge < -0.3 is 19.4 Å². The van der Waals surface area contributed by atoms with Crippen molar-refractivity contribution >= 4 is 22.5 Å². The lowest BCUT2D eigenvalue weighted by atomic mass is 10.2. The fourth-order valence-corrected chi connectivity index (χ4v) is 2.58. The zero-order valence-corrected chi connectivity index (χ0v) is 14.0. The van der Waals surface area contributed by atoms with Gasteiger partial charge in [-0.2, -0.15) is 0 Å². The topological polar surface area (TPSA) is 69.6 Å². The van der Waals surface area contributed by atoms with Gasteiger partial charge in [0.25, 0.3) is 11.5 Å². The minimum atomic E-state index is -0.339. The summed E-state index contributed by atoms with van der Waals surface area (Å²) in [6, 6.07) is 15.9. The number of benzene rings is 2. The Morgan fingerprint density at radius 3 is 2.60 bits per heavy atom. The molecule has 0 atom stereocenters. The lowest BCUT2D eigenvalue weighted by molar-refractivity contribution is -0.118. The van der Waals surface area contributed by atoms with Crippen molar-refractivity contribution in [2.75, 3.05) is 19.0 Å². The number of aryl methyl sites for hydroxylation is 1. The summed E-state index contributed by atoms with van der Waals surface area (Å²) in [5, 5.41) is 3.51. The number of anilines is 1. The molecule has 2 aromatic carbocycles. The first kappa shape index (κ1) is 16.6. The first-order valence-electron chi connectivity index (χ1n) is 7.74. The van der Waals surface area contributed by atoms with Crippen molar-refractivity contribution in [2.24, 2.45) is 7.05 Å². The number of hydrogen-bond donors (Lipinski definition) is 1. The van der Waals surface area contributed by atoms with E-state index in [9.17, 15) is 9.59 Å². The highest BCUT2D eigenvalue weighted by Crippen LogP contribution is 2.24. The van der Waals surface area contributed by atoms with E-state index in [1.54, 1.807) is 25.2 Å². The average molecular weight is 338 g/mol. The number of amides is 1. The molecule has 0 aliphatic heterocycles. The second-order valence-corrected chi connectivity index (χ2v) is 5.46. The molecule has 0 radical (unpaired) electrons. The van der Waals surface area contributed by atoms with Crippen LogP contribution in [0.2, 0.25) is 0 Å². The molecule has 6 heteroatoms. The minimum absolute atomic E-state index is 0.196. The van der Waals surface area contributed by atoms with Crippen LogP contribution in [0.25, 0.3) is 10.9 Å². The van der Waals surface area contributed by atoms with Crippen LogP contribution < -0.4 is 20.3 Å². The smallest absolute Gasteiger partial charge is 0.262 e. The number of hydrogen-bond acceptors (Lipinski definition) is 4. The van der Waals surface area contributed by atoms with Crippen molar-refractivity contribution in [3.05, 3.63) is 65.0 Å². The molecule has 0 saturated heterocycles. The SMILES string of the molecule is COc1ccccc1NC(=O)COc1cc(=O)n(C)c2ccccc12. The molecular formula is C19H18N2O4. The number of carbonyl (C=O) groups excluding carboxylic acids is 1. The van der Waals surface area contributed by atoms with Crippen LogP contribution in [0.15, 0.2) is 59.4 Å². The van der Waals surface area contributed by atoms with E-state index < -0.39 is 0 Å². The quantitative estimate of drug-likeness (QED) is 0.776. The van der Waals surface area contributed by atoms with Crippen LogP contribution in [0.1, 0.15) is 0 Å². The number of pyridine rings is 1. The molecule has 0 aliphatic rings. The number of carbonyl (C=O) groups is 1. The summed E-state index contributed by atoms with van der Waals surface area (Å²) in [5.74, 6) is 0.609. The van der Waals surface area contributed by atoms with Crippen molar-refractivity contribution in [1.29, 1.82) is 0 Å². The summed E-state index contributed by atoms with van der Waals surface area (Å²) in [6.07, 6.45) is 0. The summed E-state index contributed by atoms with van der Waals surface area (Å²) in [5.41, 5.74) is 1.11. The van der Waals surface area contributed by atoms with Crippen LogP contribution in [0.3, 0.4) is 0 Å². The molecule has 0 aliphatic carbocycles. The monoisotopic (exact) mass is 338 g/mol. The van der Waals surface area contributed by atoms with Crippen molar-refractivity contribution in [2.45, 2.75) is 0 Å². The van der Waals surface area contributed by atoms with Gasteiger partial charge in [0, 0.05) is 18.5 Å².